The van der Waals surface area contributed by atoms with Crippen molar-refractivity contribution in [1.82, 2.24) is 9.97 Å². The Bertz CT molecular complexity index is 394. The van der Waals surface area contributed by atoms with Gasteiger partial charge in [-0.25, -0.2) is 9.97 Å². The maximum absolute atomic E-state index is 5.91. The lowest BCUT2D eigenvalue weighted by molar-refractivity contribution is 0.0627. The standard InChI is InChI=1S/C13H22N4O2/c1-2-5-19-12-8-11(15-10-16-12)17-13(9-14)3-6-18-7-4-13/h8,10H,2-7,9,14H2,1H3,(H,15,16,17). The Labute approximate surface area is 113 Å². The SMILES string of the molecule is CCCOc1cc(NC2(CN)CCOCC2)ncn1. The number of nitrogens with one attached hydrogen (secondary N) is 1. The second-order valence-corrected chi connectivity index (χ2v) is 4.81. The Morgan fingerprint density at radius 3 is 2.89 bits per heavy atom. The molecular formula is C13H22N4O2. The van der Waals surface area contributed by atoms with Gasteiger partial charge in [-0.2, -0.15) is 0 Å². The van der Waals surface area contributed by atoms with Gasteiger partial charge in [0.25, 0.3) is 0 Å². The van der Waals surface area contributed by atoms with Crippen molar-refractivity contribution in [3.05, 3.63) is 12.4 Å². The van der Waals surface area contributed by atoms with E-state index in [1.165, 1.54) is 6.33 Å². The Morgan fingerprint density at radius 1 is 1.42 bits per heavy atom. The summed E-state index contributed by atoms with van der Waals surface area (Å²) in [7, 11) is 0. The average Bonchev–Trinajstić information content (AvgIpc) is 2.46. The average molecular weight is 266 g/mol. The highest BCUT2D eigenvalue weighted by Crippen LogP contribution is 2.25. The second kappa shape index (κ2) is 6.68. The van der Waals surface area contributed by atoms with Gasteiger partial charge in [0, 0.05) is 25.8 Å². The van der Waals surface area contributed by atoms with E-state index in [0.717, 1.165) is 38.3 Å². The fourth-order valence-corrected chi connectivity index (χ4v) is 2.11. The highest BCUT2D eigenvalue weighted by molar-refractivity contribution is 5.40. The van der Waals surface area contributed by atoms with E-state index in [4.69, 9.17) is 15.2 Å². The van der Waals surface area contributed by atoms with E-state index in [9.17, 15) is 0 Å². The molecule has 0 amide bonds. The summed E-state index contributed by atoms with van der Waals surface area (Å²) < 4.78 is 10.9. The van der Waals surface area contributed by atoms with Crippen LogP contribution in [0.3, 0.4) is 0 Å². The van der Waals surface area contributed by atoms with Crippen LogP contribution in [-0.4, -0.2) is 41.9 Å². The summed E-state index contributed by atoms with van der Waals surface area (Å²) in [5.41, 5.74) is 5.78. The van der Waals surface area contributed by atoms with Crippen LogP contribution in [0.5, 0.6) is 5.88 Å². The topological polar surface area (TPSA) is 82.3 Å². The van der Waals surface area contributed by atoms with Gasteiger partial charge in [0.15, 0.2) is 0 Å². The molecule has 6 nitrogen and oxygen atoms in total. The minimum absolute atomic E-state index is 0.130. The van der Waals surface area contributed by atoms with Crippen molar-refractivity contribution in [2.24, 2.45) is 5.73 Å². The zero-order chi connectivity index (χ0) is 13.6. The molecule has 106 valence electrons. The quantitative estimate of drug-likeness (QED) is 0.804. The number of anilines is 1. The summed E-state index contributed by atoms with van der Waals surface area (Å²) in [6, 6.07) is 1.82. The summed E-state index contributed by atoms with van der Waals surface area (Å²) in [6.45, 7) is 4.74. The van der Waals surface area contributed by atoms with Gasteiger partial charge in [0.2, 0.25) is 5.88 Å². The molecule has 1 aromatic heterocycles. The summed E-state index contributed by atoms with van der Waals surface area (Å²) in [4.78, 5) is 8.33. The van der Waals surface area contributed by atoms with Crippen molar-refractivity contribution >= 4 is 5.82 Å². The molecule has 1 aliphatic rings. The predicted molar refractivity (Wildman–Crippen MR) is 73.3 cm³/mol. The van der Waals surface area contributed by atoms with Crippen molar-refractivity contribution < 1.29 is 9.47 Å². The monoisotopic (exact) mass is 266 g/mol. The molecular weight excluding hydrogens is 244 g/mol. The third-order valence-corrected chi connectivity index (χ3v) is 3.33. The summed E-state index contributed by atoms with van der Waals surface area (Å²) in [6.07, 6.45) is 4.24. The van der Waals surface area contributed by atoms with E-state index < -0.39 is 0 Å². The number of hydrogen-bond acceptors (Lipinski definition) is 6. The predicted octanol–water partition coefficient (Wildman–Crippen LogP) is 1.19. The van der Waals surface area contributed by atoms with Crippen molar-refractivity contribution in [2.45, 2.75) is 31.7 Å². The number of nitrogens with zero attached hydrogens (tertiary/aromatic N) is 2. The molecule has 0 aliphatic carbocycles. The number of ether oxygens (including phenoxy) is 2. The van der Waals surface area contributed by atoms with Gasteiger partial charge in [0.1, 0.15) is 12.1 Å². The third kappa shape index (κ3) is 3.78. The molecule has 0 aromatic carbocycles. The van der Waals surface area contributed by atoms with Crippen LogP contribution in [0.1, 0.15) is 26.2 Å². The highest BCUT2D eigenvalue weighted by Gasteiger charge is 2.31. The van der Waals surface area contributed by atoms with Crippen LogP contribution in [-0.2, 0) is 4.74 Å². The Morgan fingerprint density at radius 2 is 2.21 bits per heavy atom. The first kappa shape index (κ1) is 14.0. The van der Waals surface area contributed by atoms with Crippen LogP contribution >= 0.6 is 0 Å². The first-order chi connectivity index (χ1) is 9.28. The van der Waals surface area contributed by atoms with Crippen LogP contribution in [0.25, 0.3) is 0 Å². The fourth-order valence-electron chi connectivity index (χ4n) is 2.11. The molecule has 0 spiro atoms. The third-order valence-electron chi connectivity index (χ3n) is 3.33. The van der Waals surface area contributed by atoms with Crippen molar-refractivity contribution in [1.29, 1.82) is 0 Å². The number of nitrogens with two attached hydrogens (primary N) is 1. The maximum Gasteiger partial charge on any atom is 0.218 e. The molecule has 1 aromatic rings. The molecule has 0 saturated carbocycles. The smallest absolute Gasteiger partial charge is 0.218 e. The van der Waals surface area contributed by atoms with Crippen LogP contribution in [0, 0.1) is 0 Å². The number of aromatic nitrogens is 2. The van der Waals surface area contributed by atoms with Crippen molar-refractivity contribution in [3.63, 3.8) is 0 Å². The molecule has 6 heteroatoms. The van der Waals surface area contributed by atoms with E-state index >= 15 is 0 Å². The highest BCUT2D eigenvalue weighted by atomic mass is 16.5. The molecule has 2 rings (SSSR count). The van der Waals surface area contributed by atoms with Crippen LogP contribution in [0.4, 0.5) is 5.82 Å². The second-order valence-electron chi connectivity index (χ2n) is 4.81. The lowest BCUT2D eigenvalue weighted by atomic mass is 9.90. The van der Waals surface area contributed by atoms with Gasteiger partial charge < -0.3 is 20.5 Å². The Hall–Kier alpha value is -1.40. The minimum atomic E-state index is -0.130. The summed E-state index contributed by atoms with van der Waals surface area (Å²) in [5, 5.41) is 3.42. The van der Waals surface area contributed by atoms with Gasteiger partial charge >= 0.3 is 0 Å². The molecule has 0 unspecified atom stereocenters. The van der Waals surface area contributed by atoms with Crippen LogP contribution in [0.2, 0.25) is 0 Å². The zero-order valence-corrected chi connectivity index (χ0v) is 11.4. The minimum Gasteiger partial charge on any atom is -0.478 e. The van der Waals surface area contributed by atoms with Crippen molar-refractivity contribution in [3.8, 4) is 5.88 Å². The fraction of sp³-hybridized carbons (Fsp3) is 0.692. The van der Waals surface area contributed by atoms with Crippen LogP contribution in [0.15, 0.2) is 12.4 Å². The first-order valence-corrected chi connectivity index (χ1v) is 6.79. The molecule has 0 atom stereocenters. The molecule has 3 N–H and O–H groups in total. The lowest BCUT2D eigenvalue weighted by Crippen LogP contribution is -2.49. The van der Waals surface area contributed by atoms with Gasteiger partial charge in [-0.1, -0.05) is 6.92 Å². The zero-order valence-electron chi connectivity index (χ0n) is 11.4. The first-order valence-electron chi connectivity index (χ1n) is 6.79. The van der Waals surface area contributed by atoms with Gasteiger partial charge in [-0.3, -0.25) is 0 Å². The molecule has 0 radical (unpaired) electrons. The van der Waals surface area contributed by atoms with E-state index in [1.54, 1.807) is 0 Å². The number of rotatable bonds is 6. The number of hydrogen-bond donors (Lipinski definition) is 2. The molecule has 0 bridgehead atoms. The molecule has 1 saturated heterocycles. The molecule has 1 aliphatic heterocycles. The normalized spacial score (nSPS) is 18.0. The Balaban J connectivity index is 2.04. The van der Waals surface area contributed by atoms with Crippen molar-refractivity contribution in [2.75, 3.05) is 31.7 Å². The maximum atomic E-state index is 5.91. The molecule has 1 fully saturated rings. The molecule has 19 heavy (non-hydrogen) atoms. The summed E-state index contributed by atoms with van der Waals surface area (Å²) >= 11 is 0. The van der Waals surface area contributed by atoms with E-state index in [0.29, 0.717) is 19.0 Å². The van der Waals surface area contributed by atoms with E-state index in [-0.39, 0.29) is 5.54 Å². The van der Waals surface area contributed by atoms with Gasteiger partial charge in [-0.15, -0.1) is 0 Å². The molecule has 2 heterocycles. The van der Waals surface area contributed by atoms with Gasteiger partial charge in [0.05, 0.1) is 12.1 Å². The largest absolute Gasteiger partial charge is 0.478 e. The van der Waals surface area contributed by atoms with E-state index in [1.807, 2.05) is 6.07 Å². The summed E-state index contributed by atoms with van der Waals surface area (Å²) in [5.74, 6) is 1.35. The van der Waals surface area contributed by atoms with Gasteiger partial charge in [-0.05, 0) is 19.3 Å². The van der Waals surface area contributed by atoms with E-state index in [2.05, 4.69) is 22.2 Å². The lowest BCUT2D eigenvalue weighted by Gasteiger charge is -2.37. The van der Waals surface area contributed by atoms with Crippen LogP contribution < -0.4 is 15.8 Å². The Kier molecular flexibility index (Phi) is 4.93.